The molecule has 1 aromatic rings. The fourth-order valence-corrected chi connectivity index (χ4v) is 4.88. The van der Waals surface area contributed by atoms with E-state index < -0.39 is 35.2 Å². The van der Waals surface area contributed by atoms with Gasteiger partial charge in [0.1, 0.15) is 0 Å². The van der Waals surface area contributed by atoms with Crippen LogP contribution in [0.2, 0.25) is 0 Å². The zero-order valence-electron chi connectivity index (χ0n) is 24.3. The van der Waals surface area contributed by atoms with Crippen molar-refractivity contribution in [2.75, 3.05) is 24.6 Å². The van der Waals surface area contributed by atoms with Gasteiger partial charge in [0.05, 0.1) is 17.9 Å². The first-order chi connectivity index (χ1) is 17.8. The molecule has 0 spiro atoms. The summed E-state index contributed by atoms with van der Waals surface area (Å²) in [5, 5.41) is 10.1. The number of carboxylic acid groups (broad SMARTS) is 1. The number of carbonyl (C=O) groups is 1. The summed E-state index contributed by atoms with van der Waals surface area (Å²) in [5.41, 5.74) is -2.44. The minimum atomic E-state index is -4.97. The number of aliphatic carboxylic acids is 1. The third kappa shape index (κ3) is 7.39. The lowest BCUT2D eigenvalue weighted by atomic mass is 9.82. The molecular weight excluding hydrogens is 511 g/mol. The van der Waals surface area contributed by atoms with Crippen molar-refractivity contribution in [1.29, 1.82) is 0 Å². The maximum absolute atomic E-state index is 14.8. The largest absolute Gasteiger partial charge is 0.479 e. The van der Waals surface area contributed by atoms with E-state index in [0.717, 1.165) is 37.3 Å². The number of aromatic nitrogens is 1. The summed E-state index contributed by atoms with van der Waals surface area (Å²) in [6.45, 7) is 16.0. The number of hydrogen-bond donors (Lipinski definition) is 1. The van der Waals surface area contributed by atoms with Gasteiger partial charge in [0.25, 0.3) is 0 Å². The number of nitrogens with zero attached hydrogens (tertiary/aromatic N) is 3. The number of halogens is 3. The normalized spacial score (nSPS) is 22.9. The fourth-order valence-electron chi connectivity index (χ4n) is 4.88. The fraction of sp³-hybridized carbons (Fsp3) is 0.690. The lowest BCUT2D eigenvalue weighted by Crippen LogP contribution is -2.62. The molecule has 2 aliphatic heterocycles. The topological polar surface area (TPSA) is 84.2 Å². The van der Waals surface area contributed by atoms with Gasteiger partial charge in [-0.1, -0.05) is 33.8 Å². The number of alkyl halides is 3. The van der Waals surface area contributed by atoms with E-state index in [1.807, 2.05) is 13.0 Å². The molecule has 0 radical (unpaired) electrons. The van der Waals surface area contributed by atoms with Crippen LogP contribution < -0.4 is 4.90 Å². The molecule has 1 fully saturated rings. The number of anilines is 1. The van der Waals surface area contributed by atoms with Crippen LogP contribution in [-0.4, -0.2) is 65.0 Å². The average Bonchev–Trinajstić information content (AvgIpc) is 2.80. The van der Waals surface area contributed by atoms with Crippen LogP contribution in [0.4, 0.5) is 18.9 Å². The highest BCUT2D eigenvalue weighted by molar-refractivity contribution is 6.06. The summed E-state index contributed by atoms with van der Waals surface area (Å²) < 4.78 is 56.0. The Morgan fingerprint density at radius 1 is 1.18 bits per heavy atom. The van der Waals surface area contributed by atoms with E-state index in [1.54, 1.807) is 40.8 Å². The van der Waals surface area contributed by atoms with Crippen molar-refractivity contribution in [2.45, 2.75) is 98.1 Å². The highest BCUT2D eigenvalue weighted by Crippen LogP contribution is 2.43. The molecule has 218 valence electrons. The number of rotatable bonds is 8. The summed E-state index contributed by atoms with van der Waals surface area (Å²) >= 11 is 0. The molecule has 2 atom stereocenters. The van der Waals surface area contributed by atoms with Gasteiger partial charge in [-0.05, 0) is 57.9 Å². The molecule has 0 aromatic carbocycles. The molecule has 1 N–H and O–H groups in total. The SMILES string of the molecule is Cc1cc(N2CCC(C)(C)CC2)c(C2=CCC(OCC(C)C)(C(OC(C)(C)C)C(=O)O)C(C(F)(F)F)=N2)cn1. The van der Waals surface area contributed by atoms with Crippen molar-refractivity contribution in [3.63, 3.8) is 0 Å². The number of pyridine rings is 1. The Morgan fingerprint density at radius 2 is 1.79 bits per heavy atom. The van der Waals surface area contributed by atoms with Crippen LogP contribution in [-0.2, 0) is 14.3 Å². The quantitative estimate of drug-likeness (QED) is 0.399. The molecule has 2 unspecified atom stereocenters. The molecular formula is C29H42F3N3O4. The first-order valence-electron chi connectivity index (χ1n) is 13.5. The predicted octanol–water partition coefficient (Wildman–Crippen LogP) is 6.44. The molecule has 7 nitrogen and oxygen atoms in total. The van der Waals surface area contributed by atoms with Crippen LogP contribution in [0.3, 0.4) is 0 Å². The summed E-state index contributed by atoms with van der Waals surface area (Å²) in [6.07, 6.45) is -2.31. The van der Waals surface area contributed by atoms with Gasteiger partial charge < -0.3 is 19.5 Å². The van der Waals surface area contributed by atoms with Crippen LogP contribution in [0.25, 0.3) is 5.70 Å². The minimum Gasteiger partial charge on any atom is -0.479 e. The first kappa shape index (κ1) is 31.1. The van der Waals surface area contributed by atoms with Gasteiger partial charge in [0, 0.05) is 42.7 Å². The monoisotopic (exact) mass is 553 g/mol. The van der Waals surface area contributed by atoms with E-state index in [2.05, 4.69) is 28.7 Å². The summed E-state index contributed by atoms with van der Waals surface area (Å²) in [4.78, 5) is 23.1. The second-order valence-electron chi connectivity index (χ2n) is 12.8. The van der Waals surface area contributed by atoms with E-state index in [-0.39, 0.29) is 30.1 Å². The van der Waals surface area contributed by atoms with Crippen molar-refractivity contribution in [3.05, 3.63) is 29.6 Å². The number of aliphatic imine (C=N–C) groups is 1. The van der Waals surface area contributed by atoms with Crippen molar-refractivity contribution < 1.29 is 32.5 Å². The van der Waals surface area contributed by atoms with E-state index in [0.29, 0.717) is 5.56 Å². The van der Waals surface area contributed by atoms with E-state index >= 15 is 0 Å². The smallest absolute Gasteiger partial charge is 0.432 e. The lowest BCUT2D eigenvalue weighted by Gasteiger charge is -2.43. The van der Waals surface area contributed by atoms with E-state index in [9.17, 15) is 23.1 Å². The van der Waals surface area contributed by atoms with Crippen molar-refractivity contribution in [3.8, 4) is 0 Å². The second kappa shape index (κ2) is 11.2. The molecule has 0 bridgehead atoms. The van der Waals surface area contributed by atoms with Crippen LogP contribution >= 0.6 is 0 Å². The number of hydrogen-bond acceptors (Lipinski definition) is 6. The summed E-state index contributed by atoms with van der Waals surface area (Å²) in [7, 11) is 0. The van der Waals surface area contributed by atoms with Gasteiger partial charge in [-0.2, -0.15) is 13.2 Å². The molecule has 0 amide bonds. The molecule has 3 rings (SSSR count). The van der Waals surface area contributed by atoms with Gasteiger partial charge in [-0.15, -0.1) is 0 Å². The van der Waals surface area contributed by atoms with Gasteiger partial charge in [-0.3, -0.25) is 4.98 Å². The average molecular weight is 554 g/mol. The van der Waals surface area contributed by atoms with Crippen molar-refractivity contribution in [2.24, 2.45) is 16.3 Å². The molecule has 1 saturated heterocycles. The van der Waals surface area contributed by atoms with Crippen molar-refractivity contribution >= 4 is 23.1 Å². The molecule has 3 heterocycles. The van der Waals surface area contributed by atoms with E-state index in [1.165, 1.54) is 6.08 Å². The Hall–Kier alpha value is -2.46. The first-order valence-corrected chi connectivity index (χ1v) is 13.5. The second-order valence-corrected chi connectivity index (χ2v) is 12.8. The zero-order chi connectivity index (χ0) is 29.4. The van der Waals surface area contributed by atoms with Gasteiger partial charge in [-0.25, -0.2) is 9.79 Å². The highest BCUT2D eigenvalue weighted by Gasteiger charge is 2.60. The van der Waals surface area contributed by atoms with Crippen LogP contribution in [0.1, 0.15) is 79.0 Å². The Morgan fingerprint density at radius 3 is 2.31 bits per heavy atom. The molecule has 39 heavy (non-hydrogen) atoms. The Kier molecular flexibility index (Phi) is 8.92. The van der Waals surface area contributed by atoms with Gasteiger partial charge in [0.2, 0.25) is 0 Å². The van der Waals surface area contributed by atoms with Crippen LogP contribution in [0.15, 0.2) is 23.3 Å². The third-order valence-electron chi connectivity index (χ3n) is 7.05. The van der Waals surface area contributed by atoms with Gasteiger partial charge >= 0.3 is 12.1 Å². The number of carboxylic acids is 1. The zero-order valence-corrected chi connectivity index (χ0v) is 24.3. The maximum Gasteiger partial charge on any atom is 0.432 e. The van der Waals surface area contributed by atoms with E-state index in [4.69, 9.17) is 9.47 Å². The van der Waals surface area contributed by atoms with Crippen molar-refractivity contribution in [1.82, 2.24) is 4.98 Å². The molecule has 10 heteroatoms. The predicted molar refractivity (Wildman–Crippen MR) is 146 cm³/mol. The minimum absolute atomic E-state index is 0.0957. The third-order valence-corrected chi connectivity index (χ3v) is 7.05. The molecule has 0 saturated carbocycles. The summed E-state index contributed by atoms with van der Waals surface area (Å²) in [6, 6.07) is 1.87. The highest BCUT2D eigenvalue weighted by atomic mass is 19.4. The lowest BCUT2D eigenvalue weighted by molar-refractivity contribution is -0.193. The standard InChI is InChI=1S/C29H42F3N3O4/c1-18(2)17-38-28(23(24(36)37)39-26(4,5)6)10-9-21(34-25(28)29(30,31)32)20-16-33-19(3)15-22(20)35-13-11-27(7,8)12-14-35/h9,15-16,18,23H,10-14,17H2,1-8H3,(H,36,37). The maximum atomic E-state index is 14.8. The summed E-state index contributed by atoms with van der Waals surface area (Å²) in [5.74, 6) is -1.70. The molecule has 2 aliphatic rings. The Labute approximate surface area is 229 Å². The molecule has 1 aromatic heterocycles. The number of piperidine rings is 1. The Bertz CT molecular complexity index is 1110. The number of aryl methyl sites for hydroxylation is 1. The Balaban J connectivity index is 2.16. The van der Waals surface area contributed by atoms with Crippen LogP contribution in [0, 0.1) is 18.3 Å². The number of ether oxygens (including phenoxy) is 2. The molecule has 0 aliphatic carbocycles. The van der Waals surface area contributed by atoms with Gasteiger partial charge in [0.15, 0.2) is 17.4 Å². The van der Waals surface area contributed by atoms with Crippen LogP contribution in [0.5, 0.6) is 0 Å².